The van der Waals surface area contributed by atoms with Gasteiger partial charge < -0.3 is 19.3 Å². The molecule has 1 amide bonds. The minimum Gasteiger partial charge on any atom is -0.444 e. The maximum atomic E-state index is 13.0. The van der Waals surface area contributed by atoms with Crippen LogP contribution in [0, 0.1) is 0 Å². The highest BCUT2D eigenvalue weighted by Crippen LogP contribution is 2.29. The quantitative estimate of drug-likeness (QED) is 0.888. The van der Waals surface area contributed by atoms with E-state index < -0.39 is 29.6 Å². The second-order valence-electron chi connectivity index (χ2n) is 8.13. The van der Waals surface area contributed by atoms with Gasteiger partial charge in [0.15, 0.2) is 5.79 Å². The normalized spacial score (nSPS) is 24.4. The van der Waals surface area contributed by atoms with Gasteiger partial charge in [-0.25, -0.2) is 4.79 Å². The van der Waals surface area contributed by atoms with Crippen LogP contribution in [0.5, 0.6) is 0 Å². The summed E-state index contributed by atoms with van der Waals surface area (Å²) in [5, 5.41) is 10.6. The number of nitrogens with zero attached hydrogens (tertiary/aromatic N) is 1. The molecule has 26 heavy (non-hydrogen) atoms. The highest BCUT2D eigenvalue weighted by Gasteiger charge is 2.40. The number of aliphatic hydroxyl groups excluding tert-OH is 1. The molecule has 1 aliphatic rings. The van der Waals surface area contributed by atoms with Crippen LogP contribution in [0.3, 0.4) is 0 Å². The van der Waals surface area contributed by atoms with Gasteiger partial charge in [-0.2, -0.15) is 0 Å². The number of hydrogen-bond donors (Lipinski definition) is 1. The number of carbonyl (C=O) groups excluding carboxylic acids is 1. The fraction of sp³-hybridized carbons (Fsp3) is 0.650. The molecule has 146 valence electrons. The summed E-state index contributed by atoms with van der Waals surface area (Å²) < 4.78 is 17.0. The van der Waals surface area contributed by atoms with Crippen molar-refractivity contribution < 1.29 is 24.1 Å². The molecule has 6 heteroatoms. The van der Waals surface area contributed by atoms with E-state index in [9.17, 15) is 9.90 Å². The molecule has 1 aromatic carbocycles. The van der Waals surface area contributed by atoms with Crippen LogP contribution >= 0.6 is 0 Å². The Morgan fingerprint density at radius 1 is 1.23 bits per heavy atom. The molecule has 1 saturated heterocycles. The molecule has 3 atom stereocenters. The minimum atomic E-state index is -0.879. The monoisotopic (exact) mass is 365 g/mol. The van der Waals surface area contributed by atoms with Crippen LogP contribution in [0.2, 0.25) is 0 Å². The van der Waals surface area contributed by atoms with Crippen molar-refractivity contribution in [1.29, 1.82) is 0 Å². The van der Waals surface area contributed by atoms with E-state index in [1.165, 1.54) is 0 Å². The number of benzene rings is 1. The smallest absolute Gasteiger partial charge is 0.411 e. The van der Waals surface area contributed by atoms with E-state index in [1.54, 1.807) is 18.7 Å². The topological polar surface area (TPSA) is 68.2 Å². The summed E-state index contributed by atoms with van der Waals surface area (Å²) in [4.78, 5) is 14.6. The number of carbonyl (C=O) groups is 1. The summed E-state index contributed by atoms with van der Waals surface area (Å²) in [7, 11) is 0. The summed E-state index contributed by atoms with van der Waals surface area (Å²) in [6.07, 6.45) is -1.36. The van der Waals surface area contributed by atoms with Crippen LogP contribution in [0.4, 0.5) is 4.79 Å². The predicted molar refractivity (Wildman–Crippen MR) is 98.7 cm³/mol. The zero-order valence-electron chi connectivity index (χ0n) is 16.6. The first kappa shape index (κ1) is 20.7. The molecule has 6 nitrogen and oxygen atoms in total. The number of hydrogen-bond acceptors (Lipinski definition) is 5. The third kappa shape index (κ3) is 5.43. The van der Waals surface area contributed by atoms with Gasteiger partial charge in [0.2, 0.25) is 0 Å². The van der Waals surface area contributed by atoms with Crippen molar-refractivity contribution in [2.24, 2.45) is 0 Å². The van der Waals surface area contributed by atoms with Crippen LogP contribution in [-0.2, 0) is 14.2 Å². The minimum absolute atomic E-state index is 0.0818. The molecular formula is C20H31NO5. The van der Waals surface area contributed by atoms with E-state index in [2.05, 4.69) is 0 Å². The van der Waals surface area contributed by atoms with E-state index in [1.807, 2.05) is 58.0 Å². The standard InChI is InChI=1S/C20H31NO5/c1-14(15-10-8-7-9-11-15)21(18(23)26-19(2,3)4)16-12-24-20(5,6)25-13-17(16)22/h7-11,14,16-17,22H,12-13H2,1-6H3/t14-,16+,17+/m0/s1. The van der Waals surface area contributed by atoms with Crippen molar-refractivity contribution in [2.45, 2.75) is 71.1 Å². The van der Waals surface area contributed by atoms with Gasteiger partial charge >= 0.3 is 6.09 Å². The number of rotatable bonds is 3. The highest BCUT2D eigenvalue weighted by atomic mass is 16.7. The van der Waals surface area contributed by atoms with Crippen molar-refractivity contribution in [3.8, 4) is 0 Å². The van der Waals surface area contributed by atoms with Crippen molar-refractivity contribution in [2.75, 3.05) is 13.2 Å². The van der Waals surface area contributed by atoms with Crippen molar-refractivity contribution >= 4 is 6.09 Å². The Bertz CT molecular complexity index is 596. The molecule has 0 radical (unpaired) electrons. The maximum Gasteiger partial charge on any atom is 0.411 e. The van der Waals surface area contributed by atoms with Gasteiger partial charge in [-0.3, -0.25) is 4.90 Å². The van der Waals surface area contributed by atoms with Crippen LogP contribution < -0.4 is 0 Å². The Morgan fingerprint density at radius 3 is 2.38 bits per heavy atom. The molecule has 0 bridgehead atoms. The predicted octanol–water partition coefficient (Wildman–Crippen LogP) is 3.50. The van der Waals surface area contributed by atoms with E-state index >= 15 is 0 Å². The third-order valence-electron chi connectivity index (χ3n) is 4.31. The Balaban J connectivity index is 2.34. The van der Waals surface area contributed by atoms with E-state index in [0.717, 1.165) is 5.56 Å². The maximum absolute atomic E-state index is 13.0. The number of amides is 1. The van der Waals surface area contributed by atoms with Crippen LogP contribution in [0.1, 0.15) is 53.1 Å². The fourth-order valence-corrected chi connectivity index (χ4v) is 2.89. The number of ether oxygens (including phenoxy) is 3. The Kier molecular flexibility index (Phi) is 6.32. The Morgan fingerprint density at radius 2 is 1.81 bits per heavy atom. The first-order valence-electron chi connectivity index (χ1n) is 9.02. The van der Waals surface area contributed by atoms with Crippen LogP contribution in [0.25, 0.3) is 0 Å². The lowest BCUT2D eigenvalue weighted by molar-refractivity contribution is -0.204. The van der Waals surface area contributed by atoms with Crippen LogP contribution in [-0.4, -0.2) is 52.8 Å². The van der Waals surface area contributed by atoms with Crippen LogP contribution in [0.15, 0.2) is 30.3 Å². The zero-order chi connectivity index (χ0) is 19.5. The fourth-order valence-electron chi connectivity index (χ4n) is 2.89. The zero-order valence-corrected chi connectivity index (χ0v) is 16.6. The second-order valence-corrected chi connectivity index (χ2v) is 8.13. The van der Waals surface area contributed by atoms with E-state index in [-0.39, 0.29) is 19.3 Å². The SMILES string of the molecule is C[C@@H](c1ccccc1)N(C(=O)OC(C)(C)C)[C@@H]1COC(C)(C)OC[C@H]1O. The summed E-state index contributed by atoms with van der Waals surface area (Å²) in [6.45, 7) is 11.2. The lowest BCUT2D eigenvalue weighted by Gasteiger charge is -2.38. The van der Waals surface area contributed by atoms with Gasteiger partial charge in [-0.05, 0) is 47.1 Å². The number of aliphatic hydroxyl groups is 1. The molecule has 0 saturated carbocycles. The third-order valence-corrected chi connectivity index (χ3v) is 4.31. The van der Waals surface area contributed by atoms with Crippen molar-refractivity contribution in [3.05, 3.63) is 35.9 Å². The van der Waals surface area contributed by atoms with Gasteiger partial charge in [-0.15, -0.1) is 0 Å². The largest absolute Gasteiger partial charge is 0.444 e. The van der Waals surface area contributed by atoms with Gasteiger partial charge in [-0.1, -0.05) is 30.3 Å². The van der Waals surface area contributed by atoms with E-state index in [4.69, 9.17) is 14.2 Å². The van der Waals surface area contributed by atoms with E-state index in [0.29, 0.717) is 0 Å². The molecule has 0 unspecified atom stereocenters. The second kappa shape index (κ2) is 7.94. The molecule has 1 fully saturated rings. The summed E-state index contributed by atoms with van der Waals surface area (Å²) >= 11 is 0. The molecule has 2 rings (SSSR count). The highest BCUT2D eigenvalue weighted by molar-refractivity contribution is 5.69. The average Bonchev–Trinajstić information content (AvgIpc) is 2.67. The van der Waals surface area contributed by atoms with Gasteiger partial charge in [0.25, 0.3) is 0 Å². The van der Waals surface area contributed by atoms with Gasteiger partial charge in [0, 0.05) is 0 Å². The lowest BCUT2D eigenvalue weighted by Crippen LogP contribution is -2.52. The van der Waals surface area contributed by atoms with Gasteiger partial charge in [0.05, 0.1) is 25.3 Å². The van der Waals surface area contributed by atoms with Crippen molar-refractivity contribution in [3.63, 3.8) is 0 Å². The first-order valence-corrected chi connectivity index (χ1v) is 9.02. The lowest BCUT2D eigenvalue weighted by atomic mass is 10.0. The molecule has 1 aromatic rings. The molecule has 0 spiro atoms. The molecule has 1 heterocycles. The molecule has 0 aliphatic carbocycles. The molecule has 0 aromatic heterocycles. The van der Waals surface area contributed by atoms with Crippen molar-refractivity contribution in [1.82, 2.24) is 4.90 Å². The summed E-state index contributed by atoms with van der Waals surface area (Å²) in [6, 6.07) is 8.79. The molecule has 1 N–H and O–H groups in total. The average molecular weight is 365 g/mol. The van der Waals surface area contributed by atoms with Gasteiger partial charge in [0.1, 0.15) is 11.7 Å². The molecular weight excluding hydrogens is 334 g/mol. The molecule has 1 aliphatic heterocycles. The Labute approximate surface area is 156 Å². The summed E-state index contributed by atoms with van der Waals surface area (Å²) in [5.74, 6) is -0.814. The first-order chi connectivity index (χ1) is 12.0. The Hall–Kier alpha value is -1.63. The summed E-state index contributed by atoms with van der Waals surface area (Å²) in [5.41, 5.74) is 0.313.